The maximum atomic E-state index is 2.49. The smallest absolute Gasteiger partial charge is 0.0111 e. The number of rotatable bonds is 10. The van der Waals surface area contributed by atoms with Crippen LogP contribution in [0.5, 0.6) is 0 Å². The van der Waals surface area contributed by atoms with E-state index in [1.165, 1.54) is 166 Å². The molecule has 1 atom stereocenters. The summed E-state index contributed by atoms with van der Waals surface area (Å²) in [6, 6.07) is 80.3. The third-order valence-corrected chi connectivity index (χ3v) is 33.9. The molecule has 10 aromatic rings. The predicted molar refractivity (Wildman–Crippen MR) is 657 cm³/mol. The van der Waals surface area contributed by atoms with Crippen molar-refractivity contribution in [2.75, 3.05) is 0 Å². The van der Waals surface area contributed by atoms with Crippen LogP contribution < -0.4 is 0 Å². The monoisotopic (exact) mass is 1980 g/mol. The van der Waals surface area contributed by atoms with Crippen molar-refractivity contribution in [2.45, 2.75) is 482 Å². The zero-order valence-electron chi connectivity index (χ0n) is 104. The zero-order valence-corrected chi connectivity index (χ0v) is 104. The van der Waals surface area contributed by atoms with E-state index in [1.54, 1.807) is 70.6 Å². The Morgan fingerprint density at radius 1 is 0.259 bits per heavy atom. The minimum Gasteiger partial charge on any atom is -0.0654 e. The van der Waals surface area contributed by atoms with Gasteiger partial charge in [-0.2, -0.15) is 0 Å². The van der Waals surface area contributed by atoms with Crippen molar-refractivity contribution in [3.05, 3.63) is 285 Å². The molecule has 1 unspecified atom stereocenters. The van der Waals surface area contributed by atoms with Gasteiger partial charge in [0.15, 0.2) is 0 Å². The quantitative estimate of drug-likeness (QED) is 0.128. The lowest BCUT2D eigenvalue weighted by atomic mass is 9.43. The maximum Gasteiger partial charge on any atom is -0.0111 e. The first kappa shape index (κ1) is 123. The minimum absolute atomic E-state index is 0.0226. The Hall–Kier alpha value is -7.80. The van der Waals surface area contributed by atoms with Crippen LogP contribution in [0.2, 0.25) is 0 Å². The number of hydrogen-bond donors (Lipinski definition) is 0. The SMILES string of the molecule is CC(C)(C)C12CC3CC(CC(C3)C1)C2.CC(C)(C)C1C2CC3CC(C2)CC1C3.CC(C)(C)c1c(-c2ccccc2)cccc1-c1ccccc1.CC(C)(C)c1cc(-c2cccc(-c3cc(C(C)(C)C)cc(C(C)(C)C)c3)c2C(C)(C)C)cc(C(C)(C)C)c1.CC(C)(C)c1cccc(C(C)(C)C)c1C(C)(C)C.CCC(C)(C)C.CCCC(CC)CC(C)(C)C.Cc1cc(C)c(-c2ccccc2)c(C(C)(C)C)c1-c1ccccc1. The molecule has 0 aromatic heterocycles. The van der Waals surface area contributed by atoms with Gasteiger partial charge >= 0.3 is 0 Å². The van der Waals surface area contributed by atoms with E-state index >= 15 is 0 Å². The molecule has 8 bridgehead atoms. The van der Waals surface area contributed by atoms with Gasteiger partial charge in [-0.05, 0) is 359 Å². The molecular formula is C147H218. The highest BCUT2D eigenvalue weighted by atomic mass is 14.6. The second kappa shape index (κ2) is 47.8. The fourth-order valence-electron chi connectivity index (χ4n) is 26.6. The highest BCUT2D eigenvalue weighted by molar-refractivity contribution is 5.86. The van der Waals surface area contributed by atoms with E-state index in [2.05, 4.69) is 544 Å². The molecule has 8 aliphatic rings. The Labute approximate surface area is 908 Å². The summed E-state index contributed by atoms with van der Waals surface area (Å²) in [4.78, 5) is 0. The summed E-state index contributed by atoms with van der Waals surface area (Å²) in [5.74, 6) is 9.82. The summed E-state index contributed by atoms with van der Waals surface area (Å²) in [5, 5.41) is 0. The number of benzene rings is 10. The van der Waals surface area contributed by atoms with Crippen LogP contribution in [-0.2, 0) is 54.1 Å². The molecule has 0 heteroatoms. The van der Waals surface area contributed by atoms with E-state index in [9.17, 15) is 0 Å². The first-order valence-electron chi connectivity index (χ1n) is 58.5. The third kappa shape index (κ3) is 33.4. The molecule has 8 saturated carbocycles. The Balaban J connectivity index is 0.000000195. The van der Waals surface area contributed by atoms with Gasteiger partial charge in [-0.25, -0.2) is 0 Å². The topological polar surface area (TPSA) is 0 Å². The van der Waals surface area contributed by atoms with Gasteiger partial charge in [0.05, 0.1) is 0 Å². The van der Waals surface area contributed by atoms with Gasteiger partial charge in [0.1, 0.15) is 0 Å². The Morgan fingerprint density at radius 3 is 0.769 bits per heavy atom. The average molecular weight is 1990 g/mol. The van der Waals surface area contributed by atoms with E-state index in [-0.39, 0.29) is 54.1 Å². The first-order chi connectivity index (χ1) is 67.4. The second-order valence-electron chi connectivity index (χ2n) is 61.9. The highest BCUT2D eigenvalue weighted by Gasteiger charge is 2.56. The summed E-state index contributed by atoms with van der Waals surface area (Å²) in [7, 11) is 0. The molecule has 0 aliphatic heterocycles. The lowest BCUT2D eigenvalue weighted by Gasteiger charge is -2.62. The van der Waals surface area contributed by atoms with Gasteiger partial charge < -0.3 is 0 Å². The Morgan fingerprint density at radius 2 is 0.531 bits per heavy atom. The molecule has 806 valence electrons. The van der Waals surface area contributed by atoms with E-state index in [0.29, 0.717) is 21.7 Å². The van der Waals surface area contributed by atoms with Crippen LogP contribution in [0.15, 0.2) is 218 Å². The van der Waals surface area contributed by atoms with Gasteiger partial charge in [0, 0.05) is 0 Å². The lowest BCUT2D eigenvalue weighted by molar-refractivity contribution is -0.113. The Kier molecular flexibility index (Phi) is 39.9. The van der Waals surface area contributed by atoms with Crippen LogP contribution in [0.4, 0.5) is 0 Å². The largest absolute Gasteiger partial charge is 0.0654 e. The molecule has 0 saturated heterocycles. The van der Waals surface area contributed by atoms with Crippen molar-refractivity contribution in [3.63, 3.8) is 0 Å². The van der Waals surface area contributed by atoms with Crippen LogP contribution >= 0.6 is 0 Å². The minimum atomic E-state index is -0.0226. The summed E-state index contributed by atoms with van der Waals surface area (Å²) < 4.78 is 0. The average Bonchev–Trinajstić information content (AvgIpc) is 0.724. The summed E-state index contributed by atoms with van der Waals surface area (Å²) >= 11 is 0. The molecule has 0 N–H and O–H groups in total. The van der Waals surface area contributed by atoms with Crippen molar-refractivity contribution < 1.29 is 0 Å². The van der Waals surface area contributed by atoms with Gasteiger partial charge in [-0.15, -0.1) is 0 Å². The van der Waals surface area contributed by atoms with E-state index < -0.39 is 0 Å². The Bertz CT molecular complexity index is 5420. The molecular weight excluding hydrogens is 1770 g/mol. The van der Waals surface area contributed by atoms with Crippen molar-refractivity contribution in [2.24, 2.45) is 80.3 Å². The molecule has 8 fully saturated rings. The molecule has 18 rings (SSSR count). The number of hydrogen-bond acceptors (Lipinski definition) is 0. The molecule has 147 heavy (non-hydrogen) atoms. The van der Waals surface area contributed by atoms with Crippen molar-refractivity contribution in [1.29, 1.82) is 0 Å². The zero-order chi connectivity index (χ0) is 110. The van der Waals surface area contributed by atoms with Gasteiger partial charge in [0.25, 0.3) is 0 Å². The first-order valence-corrected chi connectivity index (χ1v) is 58.5. The second-order valence-corrected chi connectivity index (χ2v) is 61.9. The standard InChI is InChI=1S/C38H54.C24H26.C22H22.C18H30.2C14H24.C11H24.C6H14/c1-34(2,3)27-19-25(20-28(23-27)35(4,5)6)31-17-16-18-32(33(31)38(13,14)15)26-21-29(36(7,8)9)24-30(22-26)37(10,11)12;1-17-16-18(2)22(20-14-10-7-11-15-20)23(24(3,4)5)21(17)19-12-8-6-9-13-19;1-22(2,3)21-19(17-11-6-4-7-12-17)15-10-16-20(21)18-13-8-5-9-14-18;1-16(2,3)13-11-10-12-14(17(4,5)6)15(13)18(7,8)9;1-13(2,3)14-7-10-4-11(8-14)6-12(5-10)9-14;1-14(2,3)13-11-5-9-4-10(7-11)8-12(13)6-9;1-6-8-10(7-2)9-11(3,4)5;1-5-6(2,3)4/h16-24H,1-15H3;6-16H,1-5H3;4-16H,1-3H3;10-12H,1-9H3;10-12H,4-9H2,1-3H3;9-13H,4-8H2,1-3H3;10H,6-9H2,1-5H3;5H2,1-4H3. The van der Waals surface area contributed by atoms with E-state index in [4.69, 9.17) is 0 Å². The van der Waals surface area contributed by atoms with Gasteiger partial charge in [0.2, 0.25) is 0 Å². The number of aryl methyl sites for hydroxylation is 2. The predicted octanol–water partition coefficient (Wildman–Crippen LogP) is 45.4. The van der Waals surface area contributed by atoms with E-state index in [1.807, 2.05) is 0 Å². The van der Waals surface area contributed by atoms with Crippen molar-refractivity contribution >= 4 is 0 Å². The lowest BCUT2D eigenvalue weighted by Crippen LogP contribution is -2.51. The van der Waals surface area contributed by atoms with Gasteiger partial charge in [-0.1, -0.05) is 556 Å². The van der Waals surface area contributed by atoms with Crippen LogP contribution in [-0.4, -0.2) is 0 Å². The van der Waals surface area contributed by atoms with Crippen molar-refractivity contribution in [1.82, 2.24) is 0 Å². The summed E-state index contributed by atoms with van der Waals surface area (Å²) in [6.45, 7) is 110. The van der Waals surface area contributed by atoms with Crippen LogP contribution in [0.25, 0.3) is 66.8 Å². The van der Waals surface area contributed by atoms with Crippen LogP contribution in [0.3, 0.4) is 0 Å². The maximum absolute atomic E-state index is 2.49. The third-order valence-electron chi connectivity index (χ3n) is 33.9. The fourth-order valence-corrected chi connectivity index (χ4v) is 26.6. The molecule has 10 aromatic carbocycles. The summed E-state index contributed by atoms with van der Waals surface area (Å²) in [6.07, 6.45) is 24.1. The normalized spacial score (nSPS) is 20.2. The molecule has 0 nitrogen and oxygen atoms in total. The molecule has 8 aliphatic carbocycles. The highest BCUT2D eigenvalue weighted by Crippen LogP contribution is 2.66. The van der Waals surface area contributed by atoms with Gasteiger partial charge in [-0.3, -0.25) is 0 Å². The van der Waals surface area contributed by atoms with E-state index in [0.717, 1.165) is 58.7 Å². The van der Waals surface area contributed by atoms with Crippen LogP contribution in [0.1, 0.15) is 481 Å². The molecule has 0 amide bonds. The van der Waals surface area contributed by atoms with Crippen LogP contribution in [0, 0.1) is 94.2 Å². The molecule has 0 radical (unpaired) electrons. The fraction of sp³-hybridized carbons (Fsp3) is 0.592. The summed E-state index contributed by atoms with van der Waals surface area (Å²) in [5.41, 5.74) is 37.0. The van der Waals surface area contributed by atoms with Crippen molar-refractivity contribution in [3.8, 4) is 66.8 Å². The molecule has 0 spiro atoms. The molecule has 0 heterocycles.